The van der Waals surface area contributed by atoms with Gasteiger partial charge >= 0.3 is 0 Å². The Morgan fingerprint density at radius 2 is 2.00 bits per heavy atom. The van der Waals surface area contributed by atoms with E-state index in [4.69, 9.17) is 16.3 Å². The molecule has 1 N–H and O–H groups in total. The maximum absolute atomic E-state index is 12.9. The number of ether oxygens (including phenoxy) is 1. The van der Waals surface area contributed by atoms with Gasteiger partial charge in [0.05, 0.1) is 5.56 Å². The normalized spacial score (nSPS) is 22.1. The molecule has 2 heterocycles. The molecule has 24 heavy (non-hydrogen) atoms. The van der Waals surface area contributed by atoms with Crippen molar-refractivity contribution in [1.29, 1.82) is 0 Å². The van der Waals surface area contributed by atoms with Crippen molar-refractivity contribution in [2.24, 2.45) is 0 Å². The van der Waals surface area contributed by atoms with Crippen molar-refractivity contribution in [2.75, 3.05) is 7.05 Å². The molecule has 3 rings (SSSR count). The summed E-state index contributed by atoms with van der Waals surface area (Å²) in [5.74, 6) is -0.318. The van der Waals surface area contributed by atoms with Gasteiger partial charge in [0.2, 0.25) is 5.78 Å². The van der Waals surface area contributed by atoms with E-state index in [1.54, 1.807) is 0 Å². The van der Waals surface area contributed by atoms with E-state index in [0.29, 0.717) is 23.3 Å². The molecule has 5 nitrogen and oxygen atoms in total. The number of hydrogen-bond donors (Lipinski definition) is 1. The van der Waals surface area contributed by atoms with Crippen molar-refractivity contribution in [2.45, 2.75) is 44.8 Å². The number of carbonyl (C=O) groups excluding carboxylic acids is 2. The summed E-state index contributed by atoms with van der Waals surface area (Å²) in [4.78, 5) is 26.1. The number of phenols is 1. The van der Waals surface area contributed by atoms with Crippen LogP contribution >= 0.6 is 11.6 Å². The number of carbonyl (C=O) groups is 2. The fraction of sp³-hybridized carbons (Fsp3) is 0.444. The van der Waals surface area contributed by atoms with E-state index < -0.39 is 11.6 Å². The maximum Gasteiger partial charge on any atom is 0.270 e. The fourth-order valence-corrected chi connectivity index (χ4v) is 3.51. The zero-order chi connectivity index (χ0) is 17.5. The minimum absolute atomic E-state index is 0.0348. The highest BCUT2D eigenvalue weighted by Gasteiger charge is 2.56. The van der Waals surface area contributed by atoms with Crippen LogP contribution in [-0.2, 0) is 11.2 Å². The zero-order valence-corrected chi connectivity index (χ0v) is 14.5. The lowest BCUT2D eigenvalue weighted by Crippen LogP contribution is -2.51. The van der Waals surface area contributed by atoms with Gasteiger partial charge in [-0.2, -0.15) is 0 Å². The Morgan fingerprint density at radius 1 is 1.25 bits per heavy atom. The van der Waals surface area contributed by atoms with Gasteiger partial charge in [0.15, 0.2) is 0 Å². The quantitative estimate of drug-likeness (QED) is 0.827. The SMILES string of the molecule is CCCCCCc1c(O)ccc2c1O[C@@]1(C=C(Cl)C(=O)N1C)C2=O. The summed E-state index contributed by atoms with van der Waals surface area (Å²) >= 11 is 5.91. The molecule has 0 aromatic heterocycles. The van der Waals surface area contributed by atoms with Crippen molar-refractivity contribution >= 4 is 23.3 Å². The first-order chi connectivity index (χ1) is 11.4. The summed E-state index contributed by atoms with van der Waals surface area (Å²) in [6.07, 6.45) is 6.14. The van der Waals surface area contributed by atoms with Gasteiger partial charge in [0.1, 0.15) is 16.5 Å². The van der Waals surface area contributed by atoms with Crippen LogP contribution < -0.4 is 4.74 Å². The highest BCUT2D eigenvalue weighted by Crippen LogP contribution is 2.46. The summed E-state index contributed by atoms with van der Waals surface area (Å²) in [5, 5.41) is 10.2. The number of Topliss-reactive ketones (excluding diaryl/α,β-unsaturated/α-hetero) is 1. The largest absolute Gasteiger partial charge is 0.508 e. The van der Waals surface area contributed by atoms with Crippen LogP contribution in [0.2, 0.25) is 0 Å². The Balaban J connectivity index is 1.96. The molecular weight excluding hydrogens is 330 g/mol. The number of fused-ring (bicyclic) bond motifs is 1. The molecule has 1 atom stereocenters. The van der Waals surface area contributed by atoms with Crippen molar-refractivity contribution in [3.63, 3.8) is 0 Å². The van der Waals surface area contributed by atoms with E-state index >= 15 is 0 Å². The minimum Gasteiger partial charge on any atom is -0.508 e. The predicted octanol–water partition coefficient (Wildman–Crippen LogP) is 3.38. The Kier molecular flexibility index (Phi) is 4.30. The number of hydrogen-bond acceptors (Lipinski definition) is 4. The van der Waals surface area contributed by atoms with Gasteiger partial charge in [-0.1, -0.05) is 37.8 Å². The number of amides is 1. The van der Waals surface area contributed by atoms with Crippen molar-refractivity contribution in [1.82, 2.24) is 4.90 Å². The number of unbranched alkanes of at least 4 members (excludes halogenated alkanes) is 3. The van der Waals surface area contributed by atoms with Gasteiger partial charge in [-0.25, -0.2) is 0 Å². The van der Waals surface area contributed by atoms with Crippen LogP contribution in [0.1, 0.15) is 48.5 Å². The molecule has 2 aliphatic heterocycles. The third-order valence-corrected chi connectivity index (χ3v) is 4.94. The number of nitrogens with zero attached hydrogens (tertiary/aromatic N) is 1. The first-order valence-electron chi connectivity index (χ1n) is 8.17. The monoisotopic (exact) mass is 349 g/mol. The van der Waals surface area contributed by atoms with Crippen LogP contribution in [0, 0.1) is 0 Å². The van der Waals surface area contributed by atoms with Gasteiger partial charge in [0, 0.05) is 18.7 Å². The van der Waals surface area contributed by atoms with E-state index in [2.05, 4.69) is 6.92 Å². The van der Waals surface area contributed by atoms with Gasteiger partial charge < -0.3 is 9.84 Å². The molecule has 128 valence electrons. The summed E-state index contributed by atoms with van der Waals surface area (Å²) in [5.41, 5.74) is -0.533. The fourth-order valence-electron chi connectivity index (χ4n) is 3.24. The van der Waals surface area contributed by atoms with E-state index in [9.17, 15) is 14.7 Å². The highest BCUT2D eigenvalue weighted by molar-refractivity contribution is 6.43. The van der Waals surface area contributed by atoms with Gasteiger partial charge in [-0.05, 0) is 25.0 Å². The second-order valence-corrected chi connectivity index (χ2v) is 6.64. The molecule has 0 saturated heterocycles. The number of aromatic hydroxyl groups is 1. The molecule has 0 fully saturated rings. The van der Waals surface area contributed by atoms with Crippen LogP contribution in [0.4, 0.5) is 0 Å². The van der Waals surface area contributed by atoms with E-state index in [1.807, 2.05) is 0 Å². The number of phenolic OH excluding ortho intramolecular Hbond substituents is 1. The topological polar surface area (TPSA) is 66.8 Å². The van der Waals surface area contributed by atoms with Crippen LogP contribution in [0.3, 0.4) is 0 Å². The summed E-state index contributed by atoms with van der Waals surface area (Å²) in [7, 11) is 1.48. The number of ketones is 1. The van der Waals surface area contributed by atoms with E-state index in [1.165, 1.54) is 30.2 Å². The molecule has 0 radical (unpaired) electrons. The molecule has 0 saturated carbocycles. The second-order valence-electron chi connectivity index (χ2n) is 6.23. The second kappa shape index (κ2) is 6.13. The number of benzene rings is 1. The average molecular weight is 350 g/mol. The molecule has 1 aromatic carbocycles. The zero-order valence-electron chi connectivity index (χ0n) is 13.8. The lowest BCUT2D eigenvalue weighted by molar-refractivity contribution is -0.131. The Labute approximate surface area is 145 Å². The van der Waals surface area contributed by atoms with E-state index in [-0.39, 0.29) is 16.6 Å². The molecule has 0 unspecified atom stereocenters. The third kappa shape index (κ3) is 2.38. The summed E-state index contributed by atoms with van der Waals surface area (Å²) in [6, 6.07) is 3.05. The minimum atomic E-state index is -1.53. The average Bonchev–Trinajstić information content (AvgIpc) is 2.96. The number of halogens is 1. The lowest BCUT2D eigenvalue weighted by Gasteiger charge is -2.28. The molecule has 1 spiro atoms. The van der Waals surface area contributed by atoms with Crippen molar-refractivity contribution in [3.8, 4) is 11.5 Å². The van der Waals surface area contributed by atoms with Gasteiger partial charge in [-0.3, -0.25) is 14.5 Å². The van der Waals surface area contributed by atoms with Crippen LogP contribution in [0.15, 0.2) is 23.2 Å². The van der Waals surface area contributed by atoms with Crippen molar-refractivity contribution < 1.29 is 19.4 Å². The first kappa shape index (κ1) is 16.8. The standard InChI is InChI=1S/C18H20ClNO4/c1-3-4-5-6-7-11-14(21)9-8-12-15(11)24-18(16(12)22)10-13(19)17(23)20(18)2/h8-10,21H,3-7H2,1-2H3/t18-/m0/s1. The molecule has 0 bridgehead atoms. The van der Waals surface area contributed by atoms with Crippen molar-refractivity contribution in [3.05, 3.63) is 34.4 Å². The van der Waals surface area contributed by atoms with Gasteiger partial charge in [0.25, 0.3) is 11.6 Å². The molecule has 6 heteroatoms. The first-order valence-corrected chi connectivity index (χ1v) is 8.55. The van der Waals surface area contributed by atoms with Crippen LogP contribution in [0.5, 0.6) is 11.5 Å². The van der Waals surface area contributed by atoms with Crippen LogP contribution in [0.25, 0.3) is 0 Å². The third-order valence-electron chi connectivity index (χ3n) is 4.67. The molecule has 2 aliphatic rings. The van der Waals surface area contributed by atoms with Crippen LogP contribution in [-0.4, -0.2) is 34.5 Å². The molecule has 1 amide bonds. The maximum atomic E-state index is 12.9. The number of rotatable bonds is 5. The smallest absolute Gasteiger partial charge is 0.270 e. The Hall–Kier alpha value is -2.01. The lowest BCUT2D eigenvalue weighted by atomic mass is 9.98. The number of likely N-dealkylation sites (N-methyl/N-ethyl adjacent to an activating group) is 1. The highest BCUT2D eigenvalue weighted by atomic mass is 35.5. The van der Waals surface area contributed by atoms with Gasteiger partial charge in [-0.15, -0.1) is 0 Å². The molecule has 0 aliphatic carbocycles. The molecule has 1 aromatic rings. The summed E-state index contributed by atoms with van der Waals surface area (Å²) < 4.78 is 5.92. The predicted molar refractivity (Wildman–Crippen MR) is 90.3 cm³/mol. The Bertz CT molecular complexity index is 743. The molecular formula is C18H20ClNO4. The summed E-state index contributed by atoms with van der Waals surface area (Å²) in [6.45, 7) is 2.13. The Morgan fingerprint density at radius 3 is 2.62 bits per heavy atom. The van der Waals surface area contributed by atoms with E-state index in [0.717, 1.165) is 25.7 Å².